The molecule has 0 unspecified atom stereocenters. The Bertz CT molecular complexity index is 1180. The van der Waals surface area contributed by atoms with E-state index >= 15 is 0 Å². The van der Waals surface area contributed by atoms with Crippen molar-refractivity contribution < 1.29 is 22.6 Å². The van der Waals surface area contributed by atoms with Crippen molar-refractivity contribution in [3.05, 3.63) is 77.9 Å². The van der Waals surface area contributed by atoms with Gasteiger partial charge in [-0.2, -0.15) is 0 Å². The maximum absolute atomic E-state index is 13.8. The molecule has 3 aromatic rings. The third-order valence-corrected chi connectivity index (χ3v) is 7.55. The van der Waals surface area contributed by atoms with E-state index in [1.807, 2.05) is 37.3 Å². The number of fused-ring (bicyclic) bond motifs is 1. The van der Waals surface area contributed by atoms with Crippen LogP contribution in [0.25, 0.3) is 0 Å². The van der Waals surface area contributed by atoms with Crippen LogP contribution in [0.5, 0.6) is 17.2 Å². The third-order valence-electron chi connectivity index (χ3n) is 5.74. The maximum Gasteiger partial charge on any atom is 0.264 e. The summed E-state index contributed by atoms with van der Waals surface area (Å²) in [6.45, 7) is 2.03. The molecule has 162 valence electrons. The highest BCUT2D eigenvalue weighted by Crippen LogP contribution is 2.54. The quantitative estimate of drug-likeness (QED) is 0.554. The highest BCUT2D eigenvalue weighted by molar-refractivity contribution is 7.92. The topological polar surface area (TPSA) is 65.1 Å². The Balaban J connectivity index is 1.94. The van der Waals surface area contributed by atoms with Crippen molar-refractivity contribution in [3.8, 4) is 17.2 Å². The lowest BCUT2D eigenvalue weighted by Gasteiger charge is -2.29. The molecule has 0 saturated carbocycles. The Morgan fingerprint density at radius 1 is 0.806 bits per heavy atom. The molecule has 0 radical (unpaired) electrons. The molecule has 1 aliphatic rings. The van der Waals surface area contributed by atoms with Gasteiger partial charge >= 0.3 is 0 Å². The van der Waals surface area contributed by atoms with Crippen molar-refractivity contribution in [1.29, 1.82) is 0 Å². The van der Waals surface area contributed by atoms with Gasteiger partial charge in [0.05, 0.1) is 38.0 Å². The number of methoxy groups -OCH3 is 3. The van der Waals surface area contributed by atoms with Gasteiger partial charge in [0, 0.05) is 12.0 Å². The highest BCUT2D eigenvalue weighted by atomic mass is 32.2. The number of ether oxygens (including phenoxy) is 3. The van der Waals surface area contributed by atoms with Crippen LogP contribution in [0.15, 0.2) is 71.6 Å². The average molecular weight is 440 g/mol. The van der Waals surface area contributed by atoms with Gasteiger partial charge in [0.2, 0.25) is 0 Å². The minimum atomic E-state index is -3.84. The molecule has 0 N–H and O–H groups in total. The lowest BCUT2D eigenvalue weighted by Crippen LogP contribution is -2.33. The Hall–Kier alpha value is -3.19. The molecule has 4 rings (SSSR count). The molecule has 1 aliphatic heterocycles. The van der Waals surface area contributed by atoms with Crippen LogP contribution in [0.3, 0.4) is 0 Å². The average Bonchev–Trinajstić information content (AvgIpc) is 3.10. The van der Waals surface area contributed by atoms with Gasteiger partial charge in [0.25, 0.3) is 10.0 Å². The van der Waals surface area contributed by atoms with Crippen LogP contribution >= 0.6 is 0 Å². The maximum atomic E-state index is 13.8. The first-order chi connectivity index (χ1) is 14.9. The first-order valence-electron chi connectivity index (χ1n) is 9.91. The predicted molar refractivity (Wildman–Crippen MR) is 120 cm³/mol. The standard InChI is InChI=1S/C24H25NO5S/c1-16-20-14-22(29-3)23(30-4)15-21(20)25(31(26,27)19-8-6-5-7-9-19)24(16)17-10-12-18(28-2)13-11-17/h5-16,24H,1-4H3/t16-,24-/m0/s1. The first kappa shape index (κ1) is 21.1. The minimum absolute atomic E-state index is 0.110. The summed E-state index contributed by atoms with van der Waals surface area (Å²) < 4.78 is 45.4. The number of sulfonamides is 1. The number of hydrogen-bond donors (Lipinski definition) is 0. The van der Waals surface area contributed by atoms with Crippen molar-refractivity contribution >= 4 is 15.7 Å². The van der Waals surface area contributed by atoms with Crippen LogP contribution in [-0.2, 0) is 10.0 Å². The van der Waals surface area contributed by atoms with E-state index < -0.39 is 16.1 Å². The molecule has 31 heavy (non-hydrogen) atoms. The summed E-state index contributed by atoms with van der Waals surface area (Å²) in [7, 11) is 0.882. The number of benzene rings is 3. The van der Waals surface area contributed by atoms with Crippen LogP contribution in [0.1, 0.15) is 30.0 Å². The molecular formula is C24H25NO5S. The molecule has 0 fully saturated rings. The van der Waals surface area contributed by atoms with E-state index in [4.69, 9.17) is 14.2 Å². The van der Waals surface area contributed by atoms with Crippen molar-refractivity contribution in [2.24, 2.45) is 0 Å². The summed E-state index contributed by atoms with van der Waals surface area (Å²) in [5.74, 6) is 1.66. The van der Waals surface area contributed by atoms with Gasteiger partial charge in [-0.3, -0.25) is 4.31 Å². The zero-order valence-corrected chi connectivity index (χ0v) is 18.7. The van der Waals surface area contributed by atoms with E-state index in [0.717, 1.165) is 11.1 Å². The Kier molecular flexibility index (Phi) is 5.54. The SMILES string of the molecule is COc1ccc([C@@H]2[C@@H](C)c3cc(OC)c(OC)cc3N2S(=O)(=O)c2ccccc2)cc1. The van der Waals surface area contributed by atoms with E-state index in [-0.39, 0.29) is 10.8 Å². The smallest absolute Gasteiger partial charge is 0.264 e. The van der Waals surface area contributed by atoms with Crippen LogP contribution in [-0.4, -0.2) is 29.7 Å². The Labute approximate surface area is 183 Å². The lowest BCUT2D eigenvalue weighted by molar-refractivity contribution is 0.355. The molecule has 0 aliphatic carbocycles. The molecule has 0 spiro atoms. The molecule has 7 heteroatoms. The summed E-state index contributed by atoms with van der Waals surface area (Å²) >= 11 is 0. The first-order valence-corrected chi connectivity index (χ1v) is 11.4. The van der Waals surface area contributed by atoms with E-state index in [2.05, 4.69) is 0 Å². The lowest BCUT2D eigenvalue weighted by atomic mass is 9.92. The Morgan fingerprint density at radius 3 is 2.00 bits per heavy atom. The number of anilines is 1. The summed E-state index contributed by atoms with van der Waals surface area (Å²) in [6.07, 6.45) is 0. The fourth-order valence-electron chi connectivity index (χ4n) is 4.17. The molecule has 1 heterocycles. The third kappa shape index (κ3) is 3.49. The summed E-state index contributed by atoms with van der Waals surface area (Å²) in [6, 6.07) is 19.2. The van der Waals surface area contributed by atoms with E-state index in [1.54, 1.807) is 57.7 Å². The second kappa shape index (κ2) is 8.15. The normalized spacial score (nSPS) is 17.9. The fourth-order valence-corrected chi connectivity index (χ4v) is 5.92. The van der Waals surface area contributed by atoms with Crippen LogP contribution < -0.4 is 18.5 Å². The molecule has 2 atom stereocenters. The van der Waals surface area contributed by atoms with Crippen molar-refractivity contribution in [1.82, 2.24) is 0 Å². The van der Waals surface area contributed by atoms with Gasteiger partial charge in [-0.25, -0.2) is 8.42 Å². The molecule has 0 saturated heterocycles. The molecule has 6 nitrogen and oxygen atoms in total. The van der Waals surface area contributed by atoms with E-state index in [0.29, 0.717) is 22.9 Å². The fraction of sp³-hybridized carbons (Fsp3) is 0.250. The van der Waals surface area contributed by atoms with E-state index in [9.17, 15) is 8.42 Å². The van der Waals surface area contributed by atoms with Gasteiger partial charge in [-0.15, -0.1) is 0 Å². The minimum Gasteiger partial charge on any atom is -0.497 e. The zero-order chi connectivity index (χ0) is 22.2. The van der Waals surface area contributed by atoms with Crippen molar-refractivity contribution in [2.45, 2.75) is 23.8 Å². The van der Waals surface area contributed by atoms with Gasteiger partial charge < -0.3 is 14.2 Å². The largest absolute Gasteiger partial charge is 0.497 e. The zero-order valence-electron chi connectivity index (χ0n) is 17.9. The second-order valence-electron chi connectivity index (χ2n) is 7.39. The molecule has 0 bridgehead atoms. The van der Waals surface area contributed by atoms with Gasteiger partial charge in [0.15, 0.2) is 11.5 Å². The molecule has 0 aromatic heterocycles. The molecule has 0 amide bonds. The van der Waals surface area contributed by atoms with E-state index in [1.165, 1.54) is 4.31 Å². The summed E-state index contributed by atoms with van der Waals surface area (Å²) in [5.41, 5.74) is 2.36. The highest BCUT2D eigenvalue weighted by Gasteiger charge is 2.44. The van der Waals surface area contributed by atoms with Crippen molar-refractivity contribution in [2.75, 3.05) is 25.6 Å². The Morgan fingerprint density at radius 2 is 1.42 bits per heavy atom. The monoisotopic (exact) mass is 439 g/mol. The van der Waals surface area contributed by atoms with Gasteiger partial charge in [0.1, 0.15) is 5.75 Å². The predicted octanol–water partition coefficient (Wildman–Crippen LogP) is 4.77. The number of rotatable bonds is 6. The summed E-state index contributed by atoms with van der Waals surface area (Å²) in [4.78, 5) is 0.239. The van der Waals surface area contributed by atoms with Crippen molar-refractivity contribution in [3.63, 3.8) is 0 Å². The number of nitrogens with zero attached hydrogens (tertiary/aromatic N) is 1. The molecular weight excluding hydrogens is 414 g/mol. The van der Waals surface area contributed by atoms with Crippen LogP contribution in [0, 0.1) is 0 Å². The van der Waals surface area contributed by atoms with Gasteiger partial charge in [-0.05, 0) is 41.5 Å². The van der Waals surface area contributed by atoms with Crippen LogP contribution in [0.4, 0.5) is 5.69 Å². The van der Waals surface area contributed by atoms with Gasteiger partial charge in [-0.1, -0.05) is 37.3 Å². The number of hydrogen-bond acceptors (Lipinski definition) is 5. The summed E-state index contributed by atoms with van der Waals surface area (Å²) in [5, 5.41) is 0. The van der Waals surface area contributed by atoms with Crippen LogP contribution in [0.2, 0.25) is 0 Å². The second-order valence-corrected chi connectivity index (χ2v) is 9.20. The molecule has 3 aromatic carbocycles.